The van der Waals surface area contributed by atoms with Crippen molar-refractivity contribution in [1.82, 2.24) is 10.6 Å². The Morgan fingerprint density at radius 1 is 0.811 bits per heavy atom. The first-order valence-electron chi connectivity index (χ1n) is 13.8. The maximum Gasteiger partial charge on any atom is 0.224 e. The highest BCUT2D eigenvalue weighted by Crippen LogP contribution is 2.47. The molecule has 0 aromatic heterocycles. The summed E-state index contributed by atoms with van der Waals surface area (Å²) >= 11 is 0. The van der Waals surface area contributed by atoms with Gasteiger partial charge in [0.25, 0.3) is 0 Å². The van der Waals surface area contributed by atoms with E-state index in [0.717, 1.165) is 24.0 Å². The number of amides is 1. The average Bonchev–Trinajstić information content (AvgIpc) is 3.61. The van der Waals surface area contributed by atoms with Crippen molar-refractivity contribution >= 4 is 17.5 Å². The zero-order chi connectivity index (χ0) is 27.0. The molecule has 200 valence electrons. The third-order valence-corrected chi connectivity index (χ3v) is 7.28. The molecule has 3 atom stereocenters. The van der Waals surface area contributed by atoms with Gasteiger partial charge >= 0.3 is 0 Å². The van der Waals surface area contributed by atoms with Gasteiger partial charge in [0.15, 0.2) is 11.6 Å². The summed E-state index contributed by atoms with van der Waals surface area (Å²) in [4.78, 5) is 40.6. The Bertz CT molecular complexity index is 1030. The third kappa shape index (κ3) is 8.92. The third-order valence-electron chi connectivity index (χ3n) is 7.28. The van der Waals surface area contributed by atoms with Crippen molar-refractivity contribution in [3.05, 3.63) is 71.8 Å². The van der Waals surface area contributed by atoms with Crippen molar-refractivity contribution in [2.24, 2.45) is 17.3 Å². The lowest BCUT2D eigenvalue weighted by Gasteiger charge is -2.27. The van der Waals surface area contributed by atoms with Gasteiger partial charge in [-0.25, -0.2) is 0 Å². The molecule has 5 heteroatoms. The molecular formula is C32H44N2O3. The molecule has 3 rings (SSSR count). The first kappa shape index (κ1) is 28.8. The average molecular weight is 505 g/mol. The SMILES string of the molecule is CC(C)C[C@H](NC(=O)[C@@H](CC(=O)[C@H](Cc1ccccc1)NC(C)C)Cc1ccccc1)C(=O)C1(C)CC1. The van der Waals surface area contributed by atoms with Crippen LogP contribution < -0.4 is 10.6 Å². The zero-order valence-corrected chi connectivity index (χ0v) is 23.1. The molecule has 2 N–H and O–H groups in total. The Morgan fingerprint density at radius 2 is 1.35 bits per heavy atom. The van der Waals surface area contributed by atoms with E-state index < -0.39 is 12.0 Å². The largest absolute Gasteiger partial charge is 0.346 e. The van der Waals surface area contributed by atoms with Gasteiger partial charge in [0.1, 0.15) is 0 Å². The van der Waals surface area contributed by atoms with Crippen molar-refractivity contribution in [3.8, 4) is 0 Å². The standard InChI is InChI=1S/C32H44N2O3/c1-22(2)18-28(30(36)32(5)16-17-32)34-31(37)26(19-24-12-8-6-9-13-24)21-29(35)27(33-23(3)4)20-25-14-10-7-11-15-25/h6-15,22-23,26-28,33H,16-21H2,1-5H3,(H,34,37)/t26-,27+,28+/m1/s1. The first-order chi connectivity index (χ1) is 17.6. The quantitative estimate of drug-likeness (QED) is 0.345. The molecule has 1 amide bonds. The normalized spacial score (nSPS) is 16.7. The molecule has 0 radical (unpaired) electrons. The highest BCUT2D eigenvalue weighted by atomic mass is 16.2. The molecule has 0 aliphatic heterocycles. The van der Waals surface area contributed by atoms with Crippen LogP contribution in [0.5, 0.6) is 0 Å². The van der Waals surface area contributed by atoms with Crippen LogP contribution in [0, 0.1) is 17.3 Å². The molecule has 37 heavy (non-hydrogen) atoms. The van der Waals surface area contributed by atoms with E-state index in [1.54, 1.807) is 0 Å². The molecule has 1 saturated carbocycles. The molecule has 5 nitrogen and oxygen atoms in total. The maximum atomic E-state index is 13.7. The smallest absolute Gasteiger partial charge is 0.224 e. The van der Waals surface area contributed by atoms with Crippen molar-refractivity contribution in [2.75, 3.05) is 0 Å². The van der Waals surface area contributed by atoms with Gasteiger partial charge in [0, 0.05) is 23.8 Å². The van der Waals surface area contributed by atoms with Crippen molar-refractivity contribution in [3.63, 3.8) is 0 Å². The summed E-state index contributed by atoms with van der Waals surface area (Å²) in [6.45, 7) is 10.2. The van der Waals surface area contributed by atoms with Crippen LogP contribution in [-0.2, 0) is 27.2 Å². The Morgan fingerprint density at radius 3 is 1.84 bits per heavy atom. The Hall–Kier alpha value is -2.79. The van der Waals surface area contributed by atoms with E-state index in [-0.39, 0.29) is 47.3 Å². The van der Waals surface area contributed by atoms with Gasteiger partial charge in [-0.3, -0.25) is 14.4 Å². The lowest BCUT2D eigenvalue weighted by Crippen LogP contribution is -2.48. The van der Waals surface area contributed by atoms with Gasteiger partial charge in [-0.15, -0.1) is 0 Å². The van der Waals surface area contributed by atoms with Crippen molar-refractivity contribution in [1.29, 1.82) is 0 Å². The number of Topliss-reactive ketones (excluding diaryl/α,β-unsaturated/α-hetero) is 2. The Balaban J connectivity index is 1.80. The van der Waals surface area contributed by atoms with Crippen LogP contribution in [0.4, 0.5) is 0 Å². The second-order valence-electron chi connectivity index (χ2n) is 11.7. The minimum absolute atomic E-state index is 0.0227. The molecule has 1 aliphatic carbocycles. The maximum absolute atomic E-state index is 13.7. The highest BCUT2D eigenvalue weighted by molar-refractivity contribution is 5.96. The van der Waals surface area contributed by atoms with E-state index in [9.17, 15) is 14.4 Å². The van der Waals surface area contributed by atoms with E-state index in [1.165, 1.54) is 0 Å². The fraction of sp³-hybridized carbons (Fsp3) is 0.531. The topological polar surface area (TPSA) is 75.3 Å². The van der Waals surface area contributed by atoms with Gasteiger partial charge in [0.2, 0.25) is 5.91 Å². The van der Waals surface area contributed by atoms with Crippen LogP contribution in [0.1, 0.15) is 71.4 Å². The summed E-state index contributed by atoms with van der Waals surface area (Å²) in [6, 6.07) is 19.0. The number of nitrogens with one attached hydrogen (secondary N) is 2. The molecule has 0 heterocycles. The number of hydrogen-bond acceptors (Lipinski definition) is 4. The number of rotatable bonds is 15. The van der Waals surface area contributed by atoms with E-state index in [1.807, 2.05) is 81.4 Å². The summed E-state index contributed by atoms with van der Waals surface area (Å²) in [5, 5.41) is 6.50. The molecule has 1 aliphatic rings. The second-order valence-corrected chi connectivity index (χ2v) is 11.7. The van der Waals surface area contributed by atoms with Gasteiger partial charge in [-0.2, -0.15) is 0 Å². The number of hydrogen-bond donors (Lipinski definition) is 2. The summed E-state index contributed by atoms with van der Waals surface area (Å²) in [5.74, 6) is -0.325. The zero-order valence-electron chi connectivity index (χ0n) is 23.1. The molecule has 2 aromatic carbocycles. The van der Waals surface area contributed by atoms with Crippen LogP contribution in [0.15, 0.2) is 60.7 Å². The molecular weight excluding hydrogens is 460 g/mol. The minimum atomic E-state index is -0.545. The minimum Gasteiger partial charge on any atom is -0.346 e. The predicted octanol–water partition coefficient (Wildman–Crippen LogP) is 5.31. The second kappa shape index (κ2) is 13.1. The highest BCUT2D eigenvalue weighted by Gasteiger charge is 2.48. The van der Waals surface area contributed by atoms with Crippen molar-refractivity contribution < 1.29 is 14.4 Å². The van der Waals surface area contributed by atoms with Gasteiger partial charge in [0.05, 0.1) is 12.1 Å². The summed E-state index contributed by atoms with van der Waals surface area (Å²) in [7, 11) is 0. The van der Waals surface area contributed by atoms with Gasteiger partial charge in [-0.1, -0.05) is 95.3 Å². The van der Waals surface area contributed by atoms with E-state index in [4.69, 9.17) is 0 Å². The summed E-state index contributed by atoms with van der Waals surface area (Å²) in [6.07, 6.45) is 3.52. The van der Waals surface area contributed by atoms with E-state index in [2.05, 4.69) is 24.5 Å². The van der Waals surface area contributed by atoms with Crippen LogP contribution in [0.3, 0.4) is 0 Å². The number of carbonyl (C=O) groups is 3. The summed E-state index contributed by atoms with van der Waals surface area (Å²) in [5.41, 5.74) is 1.77. The van der Waals surface area contributed by atoms with Crippen LogP contribution in [0.2, 0.25) is 0 Å². The Kier molecular flexibility index (Phi) is 10.2. The predicted molar refractivity (Wildman–Crippen MR) is 149 cm³/mol. The van der Waals surface area contributed by atoms with Gasteiger partial charge in [-0.05, 0) is 49.1 Å². The lowest BCUT2D eigenvalue weighted by atomic mass is 9.87. The first-order valence-corrected chi connectivity index (χ1v) is 13.8. The fourth-order valence-electron chi connectivity index (χ4n) is 4.91. The van der Waals surface area contributed by atoms with Crippen LogP contribution in [0.25, 0.3) is 0 Å². The van der Waals surface area contributed by atoms with E-state index >= 15 is 0 Å². The van der Waals surface area contributed by atoms with Gasteiger partial charge < -0.3 is 10.6 Å². The fourth-order valence-corrected chi connectivity index (χ4v) is 4.91. The lowest BCUT2D eigenvalue weighted by molar-refractivity contribution is -0.134. The number of carbonyl (C=O) groups excluding carboxylic acids is 3. The number of ketones is 2. The number of benzene rings is 2. The van der Waals surface area contributed by atoms with Crippen LogP contribution in [-0.4, -0.2) is 35.6 Å². The summed E-state index contributed by atoms with van der Waals surface area (Å²) < 4.78 is 0. The molecule has 0 saturated heterocycles. The molecule has 2 aromatic rings. The van der Waals surface area contributed by atoms with Crippen molar-refractivity contribution in [2.45, 2.75) is 91.3 Å². The monoisotopic (exact) mass is 504 g/mol. The Labute approximate surface area is 222 Å². The molecule has 0 unspecified atom stereocenters. The molecule has 0 spiro atoms. The molecule has 1 fully saturated rings. The molecule has 0 bridgehead atoms. The van der Waals surface area contributed by atoms with Crippen LogP contribution >= 0.6 is 0 Å². The van der Waals surface area contributed by atoms with E-state index in [0.29, 0.717) is 19.3 Å².